The first kappa shape index (κ1) is 28.5. The summed E-state index contributed by atoms with van der Waals surface area (Å²) < 4.78 is 8.88. The van der Waals surface area contributed by atoms with E-state index in [1.165, 1.54) is 0 Å². The lowest BCUT2D eigenvalue weighted by atomic mass is 10.1. The molecule has 0 spiro atoms. The quantitative estimate of drug-likeness (QED) is 0.171. The molecule has 10 nitrogen and oxygen atoms in total. The van der Waals surface area contributed by atoms with Crippen LogP contribution in [0, 0.1) is 0 Å². The van der Waals surface area contributed by atoms with Crippen molar-refractivity contribution in [2.45, 2.75) is 0 Å². The number of nitrogens with one attached hydrogen (secondary N) is 4. The van der Waals surface area contributed by atoms with Gasteiger partial charge in [-0.3, -0.25) is 9.98 Å². The third kappa shape index (κ3) is 8.75. The highest BCUT2D eigenvalue weighted by Gasteiger charge is 2.10. The van der Waals surface area contributed by atoms with Gasteiger partial charge >= 0.3 is 7.82 Å². The van der Waals surface area contributed by atoms with Gasteiger partial charge < -0.3 is 35.9 Å². The van der Waals surface area contributed by atoms with Crippen molar-refractivity contribution in [2.24, 2.45) is 9.98 Å². The fourth-order valence-electron chi connectivity index (χ4n) is 3.78. The van der Waals surface area contributed by atoms with E-state index in [0.29, 0.717) is 9.98 Å². The molecule has 2 aliphatic heterocycles. The SMILES string of the molecule is O=P(O)(O)O.S=C(Nc1ccc(C2=NCCN2)cc1)c1ccc(C(=S)Nc2ccc(C3=NCCN3)cc2)cc1. The largest absolute Gasteiger partial charge is 0.466 e. The molecule has 2 aliphatic rings. The Balaban J connectivity index is 0.000000648. The molecule has 202 valence electrons. The minimum absolute atomic E-state index is 0.661. The predicted molar refractivity (Wildman–Crippen MR) is 163 cm³/mol. The van der Waals surface area contributed by atoms with E-state index < -0.39 is 7.82 Å². The maximum Gasteiger partial charge on any atom is 0.466 e. The molecule has 0 unspecified atom stereocenters. The Morgan fingerprint density at radius 1 is 0.667 bits per heavy atom. The highest BCUT2D eigenvalue weighted by atomic mass is 32.1. The van der Waals surface area contributed by atoms with Crippen LogP contribution in [0.1, 0.15) is 22.3 Å². The van der Waals surface area contributed by atoms with Gasteiger partial charge in [0.25, 0.3) is 0 Å². The lowest BCUT2D eigenvalue weighted by molar-refractivity contribution is 0.275. The first-order valence-electron chi connectivity index (χ1n) is 11.9. The third-order valence-electron chi connectivity index (χ3n) is 5.59. The van der Waals surface area contributed by atoms with Crippen molar-refractivity contribution in [3.05, 3.63) is 95.1 Å². The maximum absolute atomic E-state index is 8.88. The van der Waals surface area contributed by atoms with Crippen molar-refractivity contribution in [2.75, 3.05) is 36.8 Å². The Hall–Kier alpha value is -3.51. The average Bonchev–Trinajstić information content (AvgIpc) is 3.64. The highest BCUT2D eigenvalue weighted by molar-refractivity contribution is 7.81. The van der Waals surface area contributed by atoms with Crippen LogP contribution in [0.5, 0.6) is 0 Å². The first-order chi connectivity index (χ1) is 18.7. The summed E-state index contributed by atoms with van der Waals surface area (Å²) in [5.41, 5.74) is 5.91. The number of hydrogen-bond donors (Lipinski definition) is 7. The Labute approximate surface area is 236 Å². The lowest BCUT2D eigenvalue weighted by Gasteiger charge is -2.12. The van der Waals surface area contributed by atoms with Crippen molar-refractivity contribution in [1.82, 2.24) is 10.6 Å². The summed E-state index contributed by atoms with van der Waals surface area (Å²) >= 11 is 11.2. The van der Waals surface area contributed by atoms with Gasteiger partial charge in [-0.25, -0.2) is 4.57 Å². The molecule has 0 atom stereocenters. The summed E-state index contributed by atoms with van der Waals surface area (Å²) in [5.74, 6) is 1.90. The van der Waals surface area contributed by atoms with Crippen LogP contribution in [0.4, 0.5) is 11.4 Å². The number of phosphoric acid groups is 1. The molecule has 0 amide bonds. The van der Waals surface area contributed by atoms with Crippen molar-refractivity contribution in [3.63, 3.8) is 0 Å². The van der Waals surface area contributed by atoms with Gasteiger partial charge in [-0.15, -0.1) is 0 Å². The van der Waals surface area contributed by atoms with Crippen molar-refractivity contribution >= 4 is 65.3 Å². The lowest BCUT2D eigenvalue weighted by Crippen LogP contribution is -2.19. The Morgan fingerprint density at radius 3 is 1.28 bits per heavy atom. The third-order valence-corrected chi connectivity index (χ3v) is 6.27. The second-order valence-electron chi connectivity index (χ2n) is 8.47. The Kier molecular flexibility index (Phi) is 9.52. The molecular formula is C26H27N6O4PS2. The number of rotatable bonds is 6. The minimum Gasteiger partial charge on any atom is -0.368 e. The molecule has 5 rings (SSSR count). The Bertz CT molecular complexity index is 1330. The standard InChI is InChI=1S/C26H24N6S2.H3O4P/c33-25(31-21-9-5-17(6-10-21)23-27-13-14-28-23)19-1-2-20(4-3-19)26(34)32-22-11-7-18(8-12-22)24-29-15-16-30-24;1-5(2,3)4/h1-12H,13-16H2,(H,27,28)(H,29,30)(H,31,33)(H,32,34);(H3,1,2,3,4). The van der Waals surface area contributed by atoms with Crippen LogP contribution in [-0.4, -0.2) is 62.5 Å². The van der Waals surface area contributed by atoms with Gasteiger partial charge in [0.2, 0.25) is 0 Å². The van der Waals surface area contributed by atoms with E-state index in [-0.39, 0.29) is 0 Å². The zero-order valence-electron chi connectivity index (χ0n) is 20.7. The number of aliphatic imine (C=N–C) groups is 2. The monoisotopic (exact) mass is 582 g/mol. The molecule has 0 aromatic heterocycles. The fourth-order valence-corrected chi connectivity index (χ4v) is 4.29. The molecule has 2 heterocycles. The van der Waals surface area contributed by atoms with Gasteiger partial charge in [0.15, 0.2) is 0 Å². The predicted octanol–water partition coefficient (Wildman–Crippen LogP) is 3.03. The second kappa shape index (κ2) is 13.0. The smallest absolute Gasteiger partial charge is 0.368 e. The Morgan fingerprint density at radius 2 is 1.00 bits per heavy atom. The molecule has 0 fully saturated rings. The molecular weight excluding hydrogens is 555 g/mol. The number of amidine groups is 2. The van der Waals surface area contributed by atoms with Gasteiger partial charge in [-0.2, -0.15) is 0 Å². The van der Waals surface area contributed by atoms with Gasteiger partial charge in [-0.1, -0.05) is 48.7 Å². The van der Waals surface area contributed by atoms with E-state index in [2.05, 4.69) is 31.3 Å². The summed E-state index contributed by atoms with van der Waals surface area (Å²) in [6, 6.07) is 24.1. The minimum atomic E-state index is -4.64. The summed E-state index contributed by atoms with van der Waals surface area (Å²) in [5, 5.41) is 13.2. The fraction of sp³-hybridized carbons (Fsp3) is 0.154. The summed E-state index contributed by atoms with van der Waals surface area (Å²) in [4.78, 5) is 31.8. The van der Waals surface area contributed by atoms with Crippen molar-refractivity contribution in [3.8, 4) is 0 Å². The molecule has 0 radical (unpaired) electrons. The van der Waals surface area contributed by atoms with Crippen LogP contribution >= 0.6 is 32.3 Å². The van der Waals surface area contributed by atoms with Gasteiger partial charge in [0.05, 0.1) is 13.1 Å². The zero-order chi connectivity index (χ0) is 27.8. The average molecular weight is 583 g/mol. The molecule has 0 saturated carbocycles. The topological polar surface area (TPSA) is 151 Å². The number of hydrogen-bond acceptors (Lipinski definition) is 7. The molecule has 0 bridgehead atoms. The molecule has 13 heteroatoms. The van der Waals surface area contributed by atoms with E-state index in [0.717, 1.165) is 71.5 Å². The summed E-state index contributed by atoms with van der Waals surface area (Å²) in [6.45, 7) is 3.45. The summed E-state index contributed by atoms with van der Waals surface area (Å²) in [6.07, 6.45) is 0. The first-order valence-corrected chi connectivity index (χ1v) is 14.3. The van der Waals surface area contributed by atoms with Gasteiger partial charge in [0.1, 0.15) is 21.6 Å². The van der Waals surface area contributed by atoms with Crippen LogP contribution in [-0.2, 0) is 4.57 Å². The zero-order valence-corrected chi connectivity index (χ0v) is 23.2. The van der Waals surface area contributed by atoms with Crippen LogP contribution in [0.2, 0.25) is 0 Å². The van der Waals surface area contributed by atoms with E-state index in [9.17, 15) is 0 Å². The van der Waals surface area contributed by atoms with Crippen LogP contribution in [0.3, 0.4) is 0 Å². The van der Waals surface area contributed by atoms with Gasteiger partial charge in [0, 0.05) is 46.7 Å². The summed E-state index contributed by atoms with van der Waals surface area (Å²) in [7, 11) is -4.64. The normalized spacial score (nSPS) is 14.1. The van der Waals surface area contributed by atoms with E-state index in [1.807, 2.05) is 72.8 Å². The highest BCUT2D eigenvalue weighted by Crippen LogP contribution is 2.25. The number of nitrogens with zero attached hydrogens (tertiary/aromatic N) is 2. The molecule has 3 aromatic rings. The van der Waals surface area contributed by atoms with Crippen LogP contribution < -0.4 is 21.3 Å². The number of benzene rings is 3. The van der Waals surface area contributed by atoms with E-state index >= 15 is 0 Å². The molecule has 3 aromatic carbocycles. The van der Waals surface area contributed by atoms with E-state index in [4.69, 9.17) is 43.7 Å². The molecule has 7 N–H and O–H groups in total. The second-order valence-corrected chi connectivity index (χ2v) is 10.3. The van der Waals surface area contributed by atoms with Gasteiger partial charge in [-0.05, 0) is 48.5 Å². The van der Waals surface area contributed by atoms with E-state index in [1.54, 1.807) is 0 Å². The van der Waals surface area contributed by atoms with Crippen LogP contribution in [0.25, 0.3) is 0 Å². The number of thiocarbonyl (C=S) groups is 2. The van der Waals surface area contributed by atoms with Crippen molar-refractivity contribution < 1.29 is 19.2 Å². The molecule has 0 saturated heterocycles. The van der Waals surface area contributed by atoms with Crippen LogP contribution in [0.15, 0.2) is 82.8 Å². The number of anilines is 2. The molecule has 39 heavy (non-hydrogen) atoms. The van der Waals surface area contributed by atoms with Crippen molar-refractivity contribution in [1.29, 1.82) is 0 Å². The molecule has 0 aliphatic carbocycles. The maximum atomic E-state index is 8.88.